The summed E-state index contributed by atoms with van der Waals surface area (Å²) in [6.07, 6.45) is 12.0. The predicted molar refractivity (Wildman–Crippen MR) is 88.6 cm³/mol. The molecule has 0 spiro atoms. The fraction of sp³-hybridized carbons (Fsp3) is 0.684. The Hall–Kier alpha value is -0.980. The van der Waals surface area contributed by atoms with Crippen LogP contribution in [0.3, 0.4) is 0 Å². The predicted octanol–water partition coefficient (Wildman–Crippen LogP) is 5.81. The van der Waals surface area contributed by atoms with E-state index in [1.807, 2.05) is 6.07 Å². The molecule has 0 aliphatic heterocycles. The van der Waals surface area contributed by atoms with Crippen LogP contribution in [-0.2, 0) is 19.3 Å². The van der Waals surface area contributed by atoms with Crippen LogP contribution < -0.4 is 0 Å². The van der Waals surface area contributed by atoms with Gasteiger partial charge >= 0.3 is 0 Å². The molecular formula is C19H32O. The van der Waals surface area contributed by atoms with Gasteiger partial charge in [-0.1, -0.05) is 58.9 Å². The molecule has 0 saturated carbocycles. The summed E-state index contributed by atoms with van der Waals surface area (Å²) >= 11 is 0. The van der Waals surface area contributed by atoms with Crippen molar-refractivity contribution in [3.05, 3.63) is 28.8 Å². The molecule has 0 amide bonds. The number of benzene rings is 1. The van der Waals surface area contributed by atoms with Gasteiger partial charge in [-0.15, -0.1) is 0 Å². The zero-order valence-corrected chi connectivity index (χ0v) is 13.7. The summed E-state index contributed by atoms with van der Waals surface area (Å²) in [5.74, 6) is 0.521. The maximum Gasteiger partial charge on any atom is 0.119 e. The minimum atomic E-state index is 0.521. The van der Waals surface area contributed by atoms with Crippen LogP contribution in [0.5, 0.6) is 5.75 Å². The summed E-state index contributed by atoms with van der Waals surface area (Å²) in [5, 5.41) is 10.2. The second kappa shape index (κ2) is 9.85. The second-order valence-electron chi connectivity index (χ2n) is 5.87. The Labute approximate surface area is 125 Å². The first kappa shape index (κ1) is 17.1. The number of phenolic OH excluding ortho intramolecular Hbond substituents is 1. The maximum atomic E-state index is 10.2. The van der Waals surface area contributed by atoms with Crippen molar-refractivity contribution in [1.29, 1.82) is 0 Å². The Morgan fingerprint density at radius 1 is 0.700 bits per heavy atom. The lowest BCUT2D eigenvalue weighted by Crippen LogP contribution is -2.02. The summed E-state index contributed by atoms with van der Waals surface area (Å²) in [7, 11) is 0. The van der Waals surface area contributed by atoms with E-state index < -0.39 is 0 Å². The highest BCUT2D eigenvalue weighted by molar-refractivity contribution is 5.45. The third-order valence-electron chi connectivity index (χ3n) is 4.08. The minimum absolute atomic E-state index is 0.521. The maximum absolute atomic E-state index is 10.2. The van der Waals surface area contributed by atoms with E-state index in [2.05, 4.69) is 26.8 Å². The van der Waals surface area contributed by atoms with Crippen molar-refractivity contribution in [1.82, 2.24) is 0 Å². The molecule has 0 unspecified atom stereocenters. The number of hydrogen-bond donors (Lipinski definition) is 1. The van der Waals surface area contributed by atoms with Gasteiger partial charge in [-0.3, -0.25) is 0 Å². The lowest BCUT2D eigenvalue weighted by Gasteiger charge is -2.16. The van der Waals surface area contributed by atoms with Crippen molar-refractivity contribution in [3.8, 4) is 5.75 Å². The van der Waals surface area contributed by atoms with Gasteiger partial charge in [0.25, 0.3) is 0 Å². The van der Waals surface area contributed by atoms with E-state index in [0.29, 0.717) is 5.75 Å². The van der Waals surface area contributed by atoms with E-state index >= 15 is 0 Å². The second-order valence-corrected chi connectivity index (χ2v) is 5.87. The molecule has 0 aliphatic carbocycles. The first-order valence-electron chi connectivity index (χ1n) is 8.57. The van der Waals surface area contributed by atoms with Crippen LogP contribution in [0.15, 0.2) is 12.1 Å². The smallest absolute Gasteiger partial charge is 0.119 e. The molecule has 1 heteroatoms. The van der Waals surface area contributed by atoms with E-state index in [-0.39, 0.29) is 0 Å². The lowest BCUT2D eigenvalue weighted by atomic mass is 9.90. The highest BCUT2D eigenvalue weighted by Gasteiger charge is 2.12. The van der Waals surface area contributed by atoms with Gasteiger partial charge in [0, 0.05) is 0 Å². The molecular weight excluding hydrogens is 244 g/mol. The first-order valence-corrected chi connectivity index (χ1v) is 8.57. The van der Waals surface area contributed by atoms with Gasteiger partial charge in [0.1, 0.15) is 5.75 Å². The third kappa shape index (κ3) is 5.19. The Bertz CT molecular complexity index is 382. The zero-order valence-electron chi connectivity index (χ0n) is 13.7. The normalized spacial score (nSPS) is 10.9. The van der Waals surface area contributed by atoms with E-state index in [0.717, 1.165) is 19.3 Å². The fourth-order valence-corrected chi connectivity index (χ4v) is 2.91. The van der Waals surface area contributed by atoms with Crippen LogP contribution in [0.2, 0.25) is 0 Å². The topological polar surface area (TPSA) is 20.2 Å². The highest BCUT2D eigenvalue weighted by atomic mass is 16.3. The Morgan fingerprint density at radius 3 is 2.05 bits per heavy atom. The van der Waals surface area contributed by atoms with Gasteiger partial charge in [0.05, 0.1) is 0 Å². The van der Waals surface area contributed by atoms with Gasteiger partial charge in [-0.25, -0.2) is 0 Å². The van der Waals surface area contributed by atoms with Gasteiger partial charge in [-0.05, 0) is 54.9 Å². The van der Waals surface area contributed by atoms with Crippen LogP contribution in [0, 0.1) is 0 Å². The van der Waals surface area contributed by atoms with Gasteiger partial charge in [0.2, 0.25) is 0 Å². The molecule has 1 rings (SSSR count). The quantitative estimate of drug-likeness (QED) is 0.535. The van der Waals surface area contributed by atoms with Crippen LogP contribution in [0.4, 0.5) is 0 Å². The molecule has 20 heavy (non-hydrogen) atoms. The first-order chi connectivity index (χ1) is 9.74. The highest BCUT2D eigenvalue weighted by Crippen LogP contribution is 2.29. The number of aromatic hydroxyl groups is 1. The Kier molecular flexibility index (Phi) is 8.41. The van der Waals surface area contributed by atoms with Gasteiger partial charge in [0.15, 0.2) is 0 Å². The molecule has 0 aliphatic rings. The molecule has 1 nitrogen and oxygen atoms in total. The number of unbranched alkanes of at least 4 members (excludes halogenated alkanes) is 4. The van der Waals surface area contributed by atoms with Crippen molar-refractivity contribution in [3.63, 3.8) is 0 Å². The van der Waals surface area contributed by atoms with E-state index in [1.54, 1.807) is 0 Å². The number of phenols is 1. The number of rotatable bonds is 10. The molecule has 0 fully saturated rings. The molecule has 0 aromatic heterocycles. The monoisotopic (exact) mass is 276 g/mol. The fourth-order valence-electron chi connectivity index (χ4n) is 2.91. The van der Waals surface area contributed by atoms with Crippen molar-refractivity contribution in [2.75, 3.05) is 0 Å². The summed E-state index contributed by atoms with van der Waals surface area (Å²) in [5.41, 5.74) is 4.15. The molecule has 1 aromatic rings. The lowest BCUT2D eigenvalue weighted by molar-refractivity contribution is 0.464. The van der Waals surface area contributed by atoms with Gasteiger partial charge < -0.3 is 5.11 Å². The van der Waals surface area contributed by atoms with E-state index in [1.165, 1.54) is 61.6 Å². The number of aryl methyl sites for hydroxylation is 1. The minimum Gasteiger partial charge on any atom is -0.508 e. The van der Waals surface area contributed by atoms with E-state index in [9.17, 15) is 5.11 Å². The average molecular weight is 276 g/mol. The standard InChI is InChI=1S/C19H32O/c1-4-7-9-10-13-18-17(12-8-5-2)16(11-6-3)14-15-19(18)20/h14-15,20H,4-13H2,1-3H3. The molecule has 1 N–H and O–H groups in total. The summed E-state index contributed by atoms with van der Waals surface area (Å²) in [6.45, 7) is 6.71. The van der Waals surface area contributed by atoms with Crippen LogP contribution in [0.25, 0.3) is 0 Å². The molecule has 0 radical (unpaired) electrons. The van der Waals surface area contributed by atoms with Crippen LogP contribution in [0.1, 0.15) is 82.4 Å². The molecule has 114 valence electrons. The zero-order chi connectivity index (χ0) is 14.8. The summed E-state index contributed by atoms with van der Waals surface area (Å²) < 4.78 is 0. The van der Waals surface area contributed by atoms with Crippen molar-refractivity contribution in [2.24, 2.45) is 0 Å². The van der Waals surface area contributed by atoms with Crippen molar-refractivity contribution in [2.45, 2.75) is 85.0 Å². The summed E-state index contributed by atoms with van der Waals surface area (Å²) in [4.78, 5) is 0. The SMILES string of the molecule is CCCCCCc1c(O)ccc(CCC)c1CCCC. The molecule has 0 heterocycles. The molecule has 0 atom stereocenters. The van der Waals surface area contributed by atoms with E-state index in [4.69, 9.17) is 0 Å². The largest absolute Gasteiger partial charge is 0.508 e. The Morgan fingerprint density at radius 2 is 1.40 bits per heavy atom. The van der Waals surface area contributed by atoms with Gasteiger partial charge in [-0.2, -0.15) is 0 Å². The summed E-state index contributed by atoms with van der Waals surface area (Å²) in [6, 6.07) is 4.05. The molecule has 0 bridgehead atoms. The molecule has 0 saturated heterocycles. The van der Waals surface area contributed by atoms with Crippen LogP contribution in [-0.4, -0.2) is 5.11 Å². The van der Waals surface area contributed by atoms with Crippen molar-refractivity contribution >= 4 is 0 Å². The molecule has 1 aromatic carbocycles. The van der Waals surface area contributed by atoms with Crippen LogP contribution >= 0.6 is 0 Å². The third-order valence-corrected chi connectivity index (χ3v) is 4.08. The Balaban J connectivity index is 2.88. The average Bonchev–Trinajstić information content (AvgIpc) is 2.45. The number of hydrogen-bond acceptors (Lipinski definition) is 1. The van der Waals surface area contributed by atoms with Crippen molar-refractivity contribution < 1.29 is 5.11 Å².